The van der Waals surface area contributed by atoms with Gasteiger partial charge in [-0.1, -0.05) is 32.0 Å². The lowest BCUT2D eigenvalue weighted by Gasteiger charge is -2.23. The van der Waals surface area contributed by atoms with E-state index in [-0.39, 0.29) is 23.8 Å². The molecule has 26 heavy (non-hydrogen) atoms. The molecule has 0 saturated carbocycles. The van der Waals surface area contributed by atoms with Gasteiger partial charge in [0, 0.05) is 28.9 Å². The van der Waals surface area contributed by atoms with Crippen molar-refractivity contribution >= 4 is 23.2 Å². The molecule has 0 spiro atoms. The van der Waals surface area contributed by atoms with E-state index in [9.17, 15) is 9.59 Å². The smallest absolute Gasteiger partial charge is 0.258 e. The summed E-state index contributed by atoms with van der Waals surface area (Å²) in [6.45, 7) is 6.11. The maximum Gasteiger partial charge on any atom is 0.258 e. The molecule has 1 N–H and O–H groups in total. The molecule has 136 valence electrons. The van der Waals surface area contributed by atoms with Gasteiger partial charge in [-0.3, -0.25) is 9.59 Å². The molecule has 1 atom stereocenters. The van der Waals surface area contributed by atoms with Crippen LogP contribution in [0.25, 0.3) is 0 Å². The van der Waals surface area contributed by atoms with Gasteiger partial charge in [0.1, 0.15) is 0 Å². The molecular formula is C22H26N2O2. The average Bonchev–Trinajstić information content (AvgIpc) is 2.98. The monoisotopic (exact) mass is 350 g/mol. The van der Waals surface area contributed by atoms with Gasteiger partial charge in [-0.25, -0.2) is 0 Å². The number of nitrogens with zero attached hydrogens (tertiary/aromatic N) is 1. The zero-order valence-corrected chi connectivity index (χ0v) is 15.7. The average molecular weight is 350 g/mol. The third kappa shape index (κ3) is 3.50. The number of hydrogen-bond acceptors (Lipinski definition) is 2. The molecule has 1 heterocycles. The summed E-state index contributed by atoms with van der Waals surface area (Å²) in [6.07, 6.45) is 2.53. The van der Waals surface area contributed by atoms with Gasteiger partial charge in [-0.05, 0) is 62.1 Å². The Morgan fingerprint density at radius 3 is 2.38 bits per heavy atom. The molecule has 4 nitrogen and oxygen atoms in total. The molecule has 0 saturated heterocycles. The van der Waals surface area contributed by atoms with E-state index in [0.29, 0.717) is 5.56 Å². The van der Waals surface area contributed by atoms with E-state index in [1.807, 2.05) is 36.9 Å². The summed E-state index contributed by atoms with van der Waals surface area (Å²) in [7, 11) is 0. The van der Waals surface area contributed by atoms with Gasteiger partial charge in [0.05, 0.1) is 0 Å². The van der Waals surface area contributed by atoms with E-state index < -0.39 is 0 Å². The molecule has 4 heteroatoms. The molecule has 2 amide bonds. The van der Waals surface area contributed by atoms with Gasteiger partial charge in [0.2, 0.25) is 5.91 Å². The van der Waals surface area contributed by atoms with Crippen molar-refractivity contribution in [3.63, 3.8) is 0 Å². The summed E-state index contributed by atoms with van der Waals surface area (Å²) in [5.41, 5.74) is 3.57. The number of amides is 2. The molecule has 1 aliphatic heterocycles. The van der Waals surface area contributed by atoms with Crippen LogP contribution in [0, 0.1) is 5.92 Å². The van der Waals surface area contributed by atoms with Crippen LogP contribution in [0.4, 0.5) is 11.4 Å². The fourth-order valence-corrected chi connectivity index (χ4v) is 3.61. The van der Waals surface area contributed by atoms with E-state index >= 15 is 0 Å². The highest BCUT2D eigenvalue weighted by Gasteiger charge is 2.31. The molecule has 0 fully saturated rings. The molecule has 2 aromatic carbocycles. The lowest BCUT2D eigenvalue weighted by molar-refractivity contribution is -0.120. The number of hydrogen-bond donors (Lipinski definition) is 1. The van der Waals surface area contributed by atoms with Crippen LogP contribution in [0.2, 0.25) is 0 Å². The zero-order chi connectivity index (χ0) is 18.7. The van der Waals surface area contributed by atoms with Crippen molar-refractivity contribution in [1.29, 1.82) is 0 Å². The van der Waals surface area contributed by atoms with Crippen LogP contribution in [-0.4, -0.2) is 17.9 Å². The molecule has 0 bridgehead atoms. The van der Waals surface area contributed by atoms with Crippen molar-refractivity contribution in [2.24, 2.45) is 5.92 Å². The number of rotatable bonds is 5. The largest absolute Gasteiger partial charge is 0.326 e. The Labute approximate surface area is 155 Å². The van der Waals surface area contributed by atoms with Crippen LogP contribution < -0.4 is 10.2 Å². The summed E-state index contributed by atoms with van der Waals surface area (Å²) < 4.78 is 0. The van der Waals surface area contributed by atoms with Crippen LogP contribution in [0.3, 0.4) is 0 Å². The highest BCUT2D eigenvalue weighted by molar-refractivity contribution is 6.08. The molecule has 0 aromatic heterocycles. The van der Waals surface area contributed by atoms with Crippen molar-refractivity contribution in [3.8, 4) is 0 Å². The summed E-state index contributed by atoms with van der Waals surface area (Å²) in [5.74, 6) is 0.0646. The van der Waals surface area contributed by atoms with E-state index in [1.165, 1.54) is 5.56 Å². The van der Waals surface area contributed by atoms with E-state index in [4.69, 9.17) is 0 Å². The number of carbonyl (C=O) groups is 2. The summed E-state index contributed by atoms with van der Waals surface area (Å²) in [5, 5.41) is 2.94. The van der Waals surface area contributed by atoms with Crippen LogP contribution in [0.5, 0.6) is 0 Å². The summed E-state index contributed by atoms with van der Waals surface area (Å²) in [4.78, 5) is 27.1. The molecular weight excluding hydrogens is 324 g/mol. The number of benzene rings is 2. The van der Waals surface area contributed by atoms with Crippen molar-refractivity contribution in [1.82, 2.24) is 0 Å². The van der Waals surface area contributed by atoms with Crippen LogP contribution >= 0.6 is 0 Å². The second kappa shape index (κ2) is 7.73. The van der Waals surface area contributed by atoms with Crippen molar-refractivity contribution < 1.29 is 9.59 Å². The maximum atomic E-state index is 13.0. The normalized spacial score (nSPS) is 15.8. The summed E-state index contributed by atoms with van der Waals surface area (Å²) in [6, 6.07) is 15.4. The SMILES string of the molecule is CCC(CC)C(=O)Nc1ccc(C(=O)N2c3ccccc3CC2C)cc1. The predicted octanol–water partition coefficient (Wildman–Crippen LogP) is 4.65. The van der Waals surface area contributed by atoms with Crippen LogP contribution in [0.1, 0.15) is 49.5 Å². The van der Waals surface area contributed by atoms with Crippen LogP contribution in [0.15, 0.2) is 48.5 Å². The number of carbonyl (C=O) groups excluding carboxylic acids is 2. The number of fused-ring (bicyclic) bond motifs is 1. The van der Waals surface area contributed by atoms with Gasteiger partial charge in [-0.2, -0.15) is 0 Å². The Bertz CT molecular complexity index is 794. The van der Waals surface area contributed by atoms with Gasteiger partial charge in [0.15, 0.2) is 0 Å². The standard InChI is InChI=1S/C22H26N2O2/c1-4-16(5-2)21(25)23-19-12-10-17(11-13-19)22(26)24-15(3)14-18-8-6-7-9-20(18)24/h6-13,15-16H,4-5,14H2,1-3H3,(H,23,25). The topological polar surface area (TPSA) is 49.4 Å². The third-order valence-electron chi connectivity index (χ3n) is 5.18. The highest BCUT2D eigenvalue weighted by atomic mass is 16.2. The van der Waals surface area contributed by atoms with Crippen molar-refractivity contribution in [2.45, 2.75) is 46.1 Å². The Morgan fingerprint density at radius 1 is 1.08 bits per heavy atom. The minimum absolute atomic E-state index is 0.000296. The minimum atomic E-state index is 0.000296. The van der Waals surface area contributed by atoms with E-state index in [2.05, 4.69) is 18.3 Å². The molecule has 0 aliphatic carbocycles. The second-order valence-electron chi connectivity index (χ2n) is 6.94. The lowest BCUT2D eigenvalue weighted by Crippen LogP contribution is -2.35. The number of anilines is 2. The van der Waals surface area contributed by atoms with E-state index in [1.54, 1.807) is 24.3 Å². The Morgan fingerprint density at radius 2 is 1.73 bits per heavy atom. The van der Waals surface area contributed by atoms with Gasteiger partial charge < -0.3 is 10.2 Å². The molecule has 3 rings (SSSR count). The summed E-state index contributed by atoms with van der Waals surface area (Å²) >= 11 is 0. The Kier molecular flexibility index (Phi) is 5.40. The fraction of sp³-hybridized carbons (Fsp3) is 0.364. The predicted molar refractivity (Wildman–Crippen MR) is 106 cm³/mol. The van der Waals surface area contributed by atoms with Gasteiger partial charge in [-0.15, -0.1) is 0 Å². The first kappa shape index (κ1) is 18.2. The molecule has 1 unspecified atom stereocenters. The first-order chi connectivity index (χ1) is 12.5. The fourth-order valence-electron chi connectivity index (χ4n) is 3.61. The van der Waals surface area contributed by atoms with Gasteiger partial charge >= 0.3 is 0 Å². The first-order valence-electron chi connectivity index (χ1n) is 9.37. The third-order valence-corrected chi connectivity index (χ3v) is 5.18. The molecule has 0 radical (unpaired) electrons. The highest BCUT2D eigenvalue weighted by Crippen LogP contribution is 2.33. The first-order valence-corrected chi connectivity index (χ1v) is 9.37. The Hall–Kier alpha value is -2.62. The Balaban J connectivity index is 1.75. The quantitative estimate of drug-likeness (QED) is 0.853. The van der Waals surface area contributed by atoms with Gasteiger partial charge in [0.25, 0.3) is 5.91 Å². The van der Waals surface area contributed by atoms with Crippen molar-refractivity contribution in [2.75, 3.05) is 10.2 Å². The van der Waals surface area contributed by atoms with Crippen molar-refractivity contribution in [3.05, 3.63) is 59.7 Å². The maximum absolute atomic E-state index is 13.0. The van der Waals surface area contributed by atoms with Crippen LogP contribution in [-0.2, 0) is 11.2 Å². The zero-order valence-electron chi connectivity index (χ0n) is 15.7. The molecule has 1 aliphatic rings. The van der Waals surface area contributed by atoms with E-state index in [0.717, 1.165) is 30.6 Å². The number of nitrogens with one attached hydrogen (secondary N) is 1. The molecule has 2 aromatic rings. The minimum Gasteiger partial charge on any atom is -0.326 e. The lowest BCUT2D eigenvalue weighted by atomic mass is 10.0. The number of para-hydroxylation sites is 1. The second-order valence-corrected chi connectivity index (χ2v) is 6.94.